The summed E-state index contributed by atoms with van der Waals surface area (Å²) < 4.78 is 0. The van der Waals surface area contributed by atoms with Gasteiger partial charge in [0.2, 0.25) is 11.8 Å². The van der Waals surface area contributed by atoms with Crippen LogP contribution in [0.5, 0.6) is 0 Å². The first kappa shape index (κ1) is 25.6. The van der Waals surface area contributed by atoms with E-state index in [2.05, 4.69) is 48.7 Å². The highest BCUT2D eigenvalue weighted by atomic mass is 16.2. The second-order valence-electron chi connectivity index (χ2n) is 6.69. The van der Waals surface area contributed by atoms with Gasteiger partial charge in [-0.2, -0.15) is 0 Å². The lowest BCUT2D eigenvalue weighted by Gasteiger charge is -2.18. The summed E-state index contributed by atoms with van der Waals surface area (Å²) in [4.78, 5) is 21.0. The van der Waals surface area contributed by atoms with E-state index >= 15 is 0 Å². The van der Waals surface area contributed by atoms with Gasteiger partial charge in [0.05, 0.1) is 5.92 Å². The van der Waals surface area contributed by atoms with Crippen LogP contribution in [-0.4, -0.2) is 43.7 Å². The number of piperidine rings is 1. The summed E-state index contributed by atoms with van der Waals surface area (Å²) in [6.45, 7) is 6.95. The Labute approximate surface area is 168 Å². The van der Waals surface area contributed by atoms with Gasteiger partial charge in [0, 0.05) is 32.0 Å². The van der Waals surface area contributed by atoms with Crippen molar-refractivity contribution in [2.75, 3.05) is 26.7 Å². The average Bonchev–Trinajstić information content (AvgIpc) is 2.74. The molecule has 2 aliphatic rings. The Bertz CT molecular complexity index is 573. The number of aryl methyl sites for hydroxylation is 2. The Morgan fingerprint density at radius 3 is 1.86 bits per heavy atom. The van der Waals surface area contributed by atoms with Crippen LogP contribution in [-0.2, 0) is 9.59 Å². The molecule has 0 spiro atoms. The molecular formula is C21H36N4O3. The van der Waals surface area contributed by atoms with Gasteiger partial charge in [-0.3, -0.25) is 9.59 Å². The fourth-order valence-corrected chi connectivity index (χ4v) is 2.57. The molecule has 3 rings (SSSR count). The molecule has 0 unspecified atom stereocenters. The minimum atomic E-state index is -0.304. The monoisotopic (exact) mass is 392 g/mol. The number of carbonyl (C=O) groups is 2. The third-order valence-corrected chi connectivity index (χ3v) is 4.28. The lowest BCUT2D eigenvalue weighted by atomic mass is 9.99. The van der Waals surface area contributed by atoms with E-state index in [1.165, 1.54) is 11.1 Å². The van der Waals surface area contributed by atoms with E-state index in [9.17, 15) is 9.59 Å². The third kappa shape index (κ3) is 12.1. The van der Waals surface area contributed by atoms with E-state index in [0.29, 0.717) is 5.57 Å². The molecule has 7 nitrogen and oxygen atoms in total. The molecule has 1 atom stereocenters. The maximum absolute atomic E-state index is 10.5. The van der Waals surface area contributed by atoms with E-state index < -0.39 is 0 Å². The molecule has 2 amide bonds. The number of hydrogen-bond donors (Lipinski definition) is 5. The zero-order chi connectivity index (χ0) is 21.4. The molecule has 2 aliphatic heterocycles. The van der Waals surface area contributed by atoms with E-state index in [0.717, 1.165) is 52.4 Å². The molecule has 1 aromatic rings. The topological polar surface area (TPSA) is 130 Å². The van der Waals surface area contributed by atoms with Crippen LogP contribution in [0.25, 0.3) is 0 Å². The molecule has 7 N–H and O–H groups in total. The molecule has 0 aliphatic carbocycles. The van der Waals surface area contributed by atoms with Gasteiger partial charge in [0.1, 0.15) is 0 Å². The Kier molecular flexibility index (Phi) is 14.3. The summed E-state index contributed by atoms with van der Waals surface area (Å²) in [7, 11) is 1.00. The van der Waals surface area contributed by atoms with Crippen molar-refractivity contribution in [1.82, 2.24) is 10.6 Å². The standard InChI is InChI=1S/C8H10.C6H12N2O.C6H10N2O.CH4O/c1-7-3-5-8(2)6-4-7;2*7-6(9)5-2-1-3-8-4-5;1-2/h3-6H,1-2H3;5,8H,1-4H2,(H2,7,9);4,8H,1-3H2,(H2,7,9);2H,1H3/t;5-;;/m.1../s1. The van der Waals surface area contributed by atoms with Crippen molar-refractivity contribution in [3.63, 3.8) is 0 Å². The summed E-state index contributed by atoms with van der Waals surface area (Å²) in [5.74, 6) is -0.386. The maximum Gasteiger partial charge on any atom is 0.246 e. The SMILES string of the molecule is CO.Cc1ccc(C)cc1.NC(=O)C1=CNCCC1.NC(=O)[C@@H]1CCCNC1. The number of aliphatic hydroxyl groups is 1. The maximum atomic E-state index is 10.5. The zero-order valence-corrected chi connectivity index (χ0v) is 17.3. The fourth-order valence-electron chi connectivity index (χ4n) is 2.57. The Morgan fingerprint density at radius 1 is 1.00 bits per heavy atom. The van der Waals surface area contributed by atoms with E-state index in [4.69, 9.17) is 16.6 Å². The van der Waals surface area contributed by atoms with E-state index in [1.807, 2.05) is 0 Å². The largest absolute Gasteiger partial charge is 0.400 e. The molecule has 1 saturated heterocycles. The summed E-state index contributed by atoms with van der Waals surface area (Å²) in [5, 5.41) is 13.1. The highest BCUT2D eigenvalue weighted by Crippen LogP contribution is 2.08. The second-order valence-corrected chi connectivity index (χ2v) is 6.69. The van der Waals surface area contributed by atoms with Gasteiger partial charge in [-0.15, -0.1) is 0 Å². The van der Waals surface area contributed by atoms with Crippen molar-refractivity contribution in [3.05, 3.63) is 47.2 Å². The lowest BCUT2D eigenvalue weighted by Crippen LogP contribution is -2.37. The van der Waals surface area contributed by atoms with Crippen LogP contribution in [0.3, 0.4) is 0 Å². The van der Waals surface area contributed by atoms with Crippen LogP contribution in [0.15, 0.2) is 36.0 Å². The predicted octanol–water partition coefficient (Wildman–Crippen LogP) is 1.12. The minimum Gasteiger partial charge on any atom is -0.400 e. The quantitative estimate of drug-likeness (QED) is 0.515. The van der Waals surface area contributed by atoms with Crippen molar-refractivity contribution in [3.8, 4) is 0 Å². The predicted molar refractivity (Wildman–Crippen MR) is 113 cm³/mol. The van der Waals surface area contributed by atoms with Gasteiger partial charge < -0.3 is 27.2 Å². The molecule has 1 fully saturated rings. The molecule has 0 radical (unpaired) electrons. The van der Waals surface area contributed by atoms with Crippen LogP contribution in [0.1, 0.15) is 36.8 Å². The Morgan fingerprint density at radius 2 is 1.57 bits per heavy atom. The number of hydrogen-bond acceptors (Lipinski definition) is 5. The minimum absolute atomic E-state index is 0.0822. The smallest absolute Gasteiger partial charge is 0.246 e. The number of nitrogens with two attached hydrogens (primary N) is 2. The van der Waals surface area contributed by atoms with Crippen LogP contribution in [0, 0.1) is 19.8 Å². The molecule has 7 heteroatoms. The number of aliphatic hydroxyl groups excluding tert-OH is 1. The number of primary amides is 2. The number of amides is 2. The van der Waals surface area contributed by atoms with Crippen LogP contribution < -0.4 is 22.1 Å². The Balaban J connectivity index is 0.000000374. The van der Waals surface area contributed by atoms with Gasteiger partial charge in [0.15, 0.2) is 0 Å². The Hall–Kier alpha value is -2.38. The molecule has 1 aromatic carbocycles. The molecule has 0 bridgehead atoms. The first-order valence-corrected chi connectivity index (χ1v) is 9.60. The molecule has 0 aromatic heterocycles. The van der Waals surface area contributed by atoms with E-state index in [-0.39, 0.29) is 17.7 Å². The van der Waals surface area contributed by atoms with Gasteiger partial charge in [-0.05, 0) is 46.1 Å². The molecular weight excluding hydrogens is 356 g/mol. The highest BCUT2D eigenvalue weighted by Gasteiger charge is 2.17. The second kappa shape index (κ2) is 15.7. The summed E-state index contributed by atoms with van der Waals surface area (Å²) in [6.07, 6.45) is 5.57. The number of rotatable bonds is 2. The van der Waals surface area contributed by atoms with Crippen LogP contribution in [0.4, 0.5) is 0 Å². The van der Waals surface area contributed by atoms with Crippen molar-refractivity contribution >= 4 is 11.8 Å². The van der Waals surface area contributed by atoms with Gasteiger partial charge in [-0.25, -0.2) is 0 Å². The first-order valence-electron chi connectivity index (χ1n) is 9.60. The highest BCUT2D eigenvalue weighted by molar-refractivity contribution is 5.91. The molecule has 2 heterocycles. The summed E-state index contributed by atoms with van der Waals surface area (Å²) in [6, 6.07) is 8.48. The van der Waals surface area contributed by atoms with Crippen molar-refractivity contribution < 1.29 is 14.7 Å². The molecule has 158 valence electrons. The summed E-state index contributed by atoms with van der Waals surface area (Å²) in [5.41, 5.74) is 13.5. The van der Waals surface area contributed by atoms with Crippen molar-refractivity contribution in [1.29, 1.82) is 0 Å². The van der Waals surface area contributed by atoms with Crippen molar-refractivity contribution in [2.45, 2.75) is 39.5 Å². The van der Waals surface area contributed by atoms with Gasteiger partial charge in [-0.1, -0.05) is 35.4 Å². The first-order chi connectivity index (χ1) is 13.4. The number of nitrogens with one attached hydrogen (secondary N) is 2. The summed E-state index contributed by atoms with van der Waals surface area (Å²) >= 11 is 0. The number of carbonyl (C=O) groups excluding carboxylic acids is 2. The third-order valence-electron chi connectivity index (χ3n) is 4.28. The number of benzene rings is 1. The zero-order valence-electron chi connectivity index (χ0n) is 17.3. The average molecular weight is 393 g/mol. The van der Waals surface area contributed by atoms with E-state index in [1.54, 1.807) is 6.20 Å². The fraction of sp³-hybridized carbons (Fsp3) is 0.524. The molecule has 0 saturated carbocycles. The lowest BCUT2D eigenvalue weighted by molar-refractivity contribution is -0.122. The molecule has 28 heavy (non-hydrogen) atoms. The van der Waals surface area contributed by atoms with Gasteiger partial charge >= 0.3 is 0 Å². The van der Waals surface area contributed by atoms with Crippen LogP contribution >= 0.6 is 0 Å². The van der Waals surface area contributed by atoms with Crippen LogP contribution in [0.2, 0.25) is 0 Å². The van der Waals surface area contributed by atoms with Gasteiger partial charge in [0.25, 0.3) is 0 Å². The normalized spacial score (nSPS) is 17.6. The van der Waals surface area contributed by atoms with Crippen molar-refractivity contribution in [2.24, 2.45) is 17.4 Å².